The standard InChI is InChI=1S/C4H10ClN4O3P/c1-6-3(10)8-13(5,12)9-4(11)7-2/h1-2H3,(H4,6,7,8,9,10,11,12). The lowest BCUT2D eigenvalue weighted by molar-refractivity contribution is 0.246. The van der Waals surface area contributed by atoms with E-state index in [1.165, 1.54) is 14.1 Å². The highest BCUT2D eigenvalue weighted by atomic mass is 35.7. The summed E-state index contributed by atoms with van der Waals surface area (Å²) in [7, 11) is 2.65. The van der Waals surface area contributed by atoms with Crippen LogP contribution in [0.3, 0.4) is 0 Å². The van der Waals surface area contributed by atoms with Crippen LogP contribution < -0.4 is 20.8 Å². The number of hydrogen-bond acceptors (Lipinski definition) is 3. The smallest absolute Gasteiger partial charge is 0.341 e. The van der Waals surface area contributed by atoms with Gasteiger partial charge in [0.2, 0.25) is 0 Å². The fourth-order valence-corrected chi connectivity index (χ4v) is 1.66. The SMILES string of the molecule is CNC(=O)NP(=O)(Cl)NC(=O)NC. The second kappa shape index (κ2) is 4.94. The van der Waals surface area contributed by atoms with Gasteiger partial charge in [-0.25, -0.2) is 9.59 Å². The largest absolute Gasteiger partial charge is 0.354 e. The molecule has 4 amide bonds. The lowest BCUT2D eigenvalue weighted by Crippen LogP contribution is -2.37. The van der Waals surface area contributed by atoms with Gasteiger partial charge in [-0.1, -0.05) is 0 Å². The maximum Gasteiger partial charge on any atom is 0.354 e. The zero-order chi connectivity index (χ0) is 10.5. The summed E-state index contributed by atoms with van der Waals surface area (Å²) in [5.74, 6) is 0. The third-order valence-corrected chi connectivity index (χ3v) is 2.43. The van der Waals surface area contributed by atoms with Gasteiger partial charge in [0, 0.05) is 14.1 Å². The predicted molar refractivity (Wildman–Crippen MR) is 48.6 cm³/mol. The van der Waals surface area contributed by atoms with Crippen molar-refractivity contribution in [3.63, 3.8) is 0 Å². The van der Waals surface area contributed by atoms with Crippen molar-refractivity contribution in [1.29, 1.82) is 0 Å². The lowest BCUT2D eigenvalue weighted by atomic mass is 11.0. The maximum absolute atomic E-state index is 11.2. The molecular formula is C4H10ClN4O3P. The first-order valence-corrected chi connectivity index (χ1v) is 5.82. The molecule has 0 unspecified atom stereocenters. The molecule has 0 aromatic rings. The van der Waals surface area contributed by atoms with Crippen LogP contribution in [0.25, 0.3) is 0 Å². The quantitative estimate of drug-likeness (QED) is 0.508. The Morgan fingerprint density at radius 1 is 1.08 bits per heavy atom. The first-order valence-electron chi connectivity index (χ1n) is 3.21. The second-order valence-electron chi connectivity index (χ2n) is 1.91. The molecule has 0 bridgehead atoms. The molecule has 0 spiro atoms. The lowest BCUT2D eigenvalue weighted by Gasteiger charge is -2.12. The molecule has 7 nitrogen and oxygen atoms in total. The van der Waals surface area contributed by atoms with Crippen molar-refractivity contribution >= 4 is 30.1 Å². The molecule has 0 saturated carbocycles. The van der Waals surface area contributed by atoms with E-state index in [0.29, 0.717) is 0 Å². The van der Waals surface area contributed by atoms with Crippen LogP contribution in [0, 0.1) is 0 Å². The number of carbonyl (C=O) groups is 2. The van der Waals surface area contributed by atoms with E-state index in [0.717, 1.165) is 0 Å². The van der Waals surface area contributed by atoms with Crippen LogP contribution in [0.15, 0.2) is 0 Å². The maximum atomic E-state index is 11.2. The van der Waals surface area contributed by atoms with E-state index < -0.39 is 18.9 Å². The Hall–Kier alpha value is -0.940. The Morgan fingerprint density at radius 3 is 1.62 bits per heavy atom. The van der Waals surface area contributed by atoms with E-state index in [9.17, 15) is 14.2 Å². The Morgan fingerprint density at radius 2 is 1.38 bits per heavy atom. The van der Waals surface area contributed by atoms with Crippen molar-refractivity contribution < 1.29 is 14.2 Å². The third-order valence-electron chi connectivity index (χ3n) is 0.945. The van der Waals surface area contributed by atoms with Crippen LogP contribution in [0.1, 0.15) is 0 Å². The first kappa shape index (κ1) is 12.1. The average Bonchev–Trinajstić information content (AvgIpc) is 2.02. The molecule has 0 aliphatic carbocycles. The van der Waals surface area contributed by atoms with Gasteiger partial charge in [-0.3, -0.25) is 14.7 Å². The van der Waals surface area contributed by atoms with Crippen molar-refractivity contribution in [1.82, 2.24) is 20.8 Å². The van der Waals surface area contributed by atoms with Gasteiger partial charge in [-0.15, -0.1) is 0 Å². The summed E-state index contributed by atoms with van der Waals surface area (Å²) < 4.78 is 11.2. The molecule has 9 heteroatoms. The van der Waals surface area contributed by atoms with Gasteiger partial charge in [-0.2, -0.15) is 0 Å². The third kappa shape index (κ3) is 5.32. The average molecular weight is 229 g/mol. The highest BCUT2D eigenvalue weighted by Crippen LogP contribution is 2.41. The summed E-state index contributed by atoms with van der Waals surface area (Å²) in [4.78, 5) is 21.3. The number of hydrogen-bond donors (Lipinski definition) is 4. The molecule has 76 valence electrons. The molecule has 0 aromatic heterocycles. The molecule has 0 atom stereocenters. The van der Waals surface area contributed by atoms with Crippen LogP contribution in [-0.2, 0) is 4.57 Å². The summed E-state index contributed by atoms with van der Waals surface area (Å²) >= 11 is 5.30. The summed E-state index contributed by atoms with van der Waals surface area (Å²) in [6, 6.07) is -1.48. The summed E-state index contributed by atoms with van der Waals surface area (Å²) in [5.41, 5.74) is 0. The van der Waals surface area contributed by atoms with E-state index in [1.807, 2.05) is 10.2 Å². The molecule has 0 rings (SSSR count). The van der Waals surface area contributed by atoms with E-state index in [4.69, 9.17) is 11.2 Å². The normalized spacial score (nSPS) is 10.1. The Kier molecular flexibility index (Phi) is 4.58. The van der Waals surface area contributed by atoms with Gasteiger partial charge in [-0.05, 0) is 11.2 Å². The topological polar surface area (TPSA) is 99.3 Å². The van der Waals surface area contributed by atoms with Gasteiger partial charge in [0.05, 0.1) is 0 Å². The molecule has 0 heterocycles. The van der Waals surface area contributed by atoms with E-state index in [2.05, 4.69) is 10.6 Å². The number of nitrogens with one attached hydrogen (secondary N) is 4. The number of rotatable bonds is 2. The molecule has 4 N–H and O–H groups in total. The molecule has 0 aromatic carbocycles. The Balaban J connectivity index is 4.16. The fourth-order valence-electron chi connectivity index (χ4n) is 0.401. The summed E-state index contributed by atoms with van der Waals surface area (Å²) in [6.45, 7) is -3.69. The Labute approximate surface area is 79.9 Å². The molecule has 13 heavy (non-hydrogen) atoms. The summed E-state index contributed by atoms with van der Waals surface area (Å²) in [6.07, 6.45) is 0. The molecule has 0 saturated heterocycles. The highest BCUT2D eigenvalue weighted by Gasteiger charge is 2.22. The van der Waals surface area contributed by atoms with Crippen molar-refractivity contribution in [2.75, 3.05) is 14.1 Å². The van der Waals surface area contributed by atoms with Crippen LogP contribution in [0.5, 0.6) is 0 Å². The second-order valence-corrected chi connectivity index (χ2v) is 4.85. The van der Waals surface area contributed by atoms with Crippen molar-refractivity contribution in [2.45, 2.75) is 0 Å². The number of halogens is 1. The van der Waals surface area contributed by atoms with Gasteiger partial charge in [0.1, 0.15) is 0 Å². The zero-order valence-corrected chi connectivity index (χ0v) is 8.70. The number of urea groups is 2. The van der Waals surface area contributed by atoms with Crippen molar-refractivity contribution in [3.05, 3.63) is 0 Å². The molecule has 0 fully saturated rings. The van der Waals surface area contributed by atoms with Crippen molar-refractivity contribution in [3.8, 4) is 0 Å². The van der Waals surface area contributed by atoms with Gasteiger partial charge in [0.15, 0.2) is 0 Å². The van der Waals surface area contributed by atoms with E-state index >= 15 is 0 Å². The monoisotopic (exact) mass is 228 g/mol. The van der Waals surface area contributed by atoms with Crippen molar-refractivity contribution in [2.24, 2.45) is 0 Å². The van der Waals surface area contributed by atoms with Crippen LogP contribution in [0.2, 0.25) is 0 Å². The van der Waals surface area contributed by atoms with Crippen LogP contribution in [-0.4, -0.2) is 26.2 Å². The van der Waals surface area contributed by atoms with Crippen LogP contribution in [0.4, 0.5) is 9.59 Å². The van der Waals surface area contributed by atoms with Gasteiger partial charge < -0.3 is 10.6 Å². The van der Waals surface area contributed by atoms with Gasteiger partial charge >= 0.3 is 18.9 Å². The van der Waals surface area contributed by atoms with E-state index in [1.54, 1.807) is 0 Å². The number of carbonyl (C=O) groups excluding carboxylic acids is 2. The fraction of sp³-hybridized carbons (Fsp3) is 0.500. The molecule has 0 aliphatic heterocycles. The zero-order valence-electron chi connectivity index (χ0n) is 7.05. The predicted octanol–water partition coefficient (Wildman–Crippen LogP) is 0.191. The van der Waals surface area contributed by atoms with Gasteiger partial charge in [0.25, 0.3) is 0 Å². The minimum atomic E-state index is -3.69. The molecule has 0 aliphatic rings. The van der Waals surface area contributed by atoms with Crippen LogP contribution >= 0.6 is 18.0 Å². The highest BCUT2D eigenvalue weighted by molar-refractivity contribution is 7.86. The minimum Gasteiger partial charge on any atom is -0.341 e. The number of amides is 4. The molecule has 0 radical (unpaired) electrons. The minimum absolute atomic E-state index is 0.741. The molecular weight excluding hydrogens is 218 g/mol. The van der Waals surface area contributed by atoms with E-state index in [-0.39, 0.29) is 0 Å². The summed E-state index contributed by atoms with van der Waals surface area (Å²) in [5, 5.41) is 8.01. The first-order chi connectivity index (χ1) is 5.91. The Bertz CT molecular complexity index is 236.